The lowest BCUT2D eigenvalue weighted by molar-refractivity contribution is -0.384. The van der Waals surface area contributed by atoms with Crippen LogP contribution in [0.2, 0.25) is 0 Å². The Bertz CT molecular complexity index is 883. The molecule has 3 aromatic rings. The van der Waals surface area contributed by atoms with Crippen LogP contribution in [0.1, 0.15) is 0 Å². The van der Waals surface area contributed by atoms with Gasteiger partial charge in [-0.15, -0.1) is 0 Å². The largest absolute Gasteiger partial charge is 0.278 e. The molecule has 0 amide bonds. The van der Waals surface area contributed by atoms with E-state index in [2.05, 4.69) is 31.0 Å². The van der Waals surface area contributed by atoms with E-state index in [1.54, 1.807) is 41.3 Å². The van der Waals surface area contributed by atoms with Crippen molar-refractivity contribution in [1.29, 1.82) is 0 Å². The van der Waals surface area contributed by atoms with Gasteiger partial charge in [-0.3, -0.25) is 10.1 Å². The number of nitro groups is 1. The van der Waals surface area contributed by atoms with Crippen molar-refractivity contribution in [3.63, 3.8) is 0 Å². The van der Waals surface area contributed by atoms with E-state index in [1.807, 2.05) is 6.26 Å². The maximum atomic E-state index is 11.1. The smallest absolute Gasteiger partial charge is 0.258 e. The SMILES string of the molecule is CSc1ncc(Br)c(-n2ccc(-c3ccccc3[N+](=O)[O-])n2)n1. The minimum absolute atomic E-state index is 0.0179. The molecule has 3 rings (SSSR count). The van der Waals surface area contributed by atoms with E-state index in [-0.39, 0.29) is 5.69 Å². The van der Waals surface area contributed by atoms with E-state index in [4.69, 9.17) is 0 Å². The van der Waals surface area contributed by atoms with Crippen LogP contribution < -0.4 is 0 Å². The molecule has 0 saturated carbocycles. The van der Waals surface area contributed by atoms with Gasteiger partial charge < -0.3 is 0 Å². The van der Waals surface area contributed by atoms with Crippen LogP contribution in [-0.2, 0) is 0 Å². The van der Waals surface area contributed by atoms with Crippen molar-refractivity contribution in [3.8, 4) is 17.1 Å². The zero-order chi connectivity index (χ0) is 16.4. The Hall–Kier alpha value is -2.26. The Morgan fingerprint density at radius 1 is 1.30 bits per heavy atom. The molecule has 2 heterocycles. The molecule has 116 valence electrons. The fraction of sp³-hybridized carbons (Fsp3) is 0.0714. The van der Waals surface area contributed by atoms with E-state index < -0.39 is 4.92 Å². The second-order valence-corrected chi connectivity index (χ2v) is 6.08. The molecule has 7 nitrogen and oxygen atoms in total. The molecule has 9 heteroatoms. The molecule has 0 spiro atoms. The Morgan fingerprint density at radius 2 is 2.09 bits per heavy atom. The Morgan fingerprint density at radius 3 is 2.83 bits per heavy atom. The van der Waals surface area contributed by atoms with E-state index in [1.165, 1.54) is 17.8 Å². The number of nitro benzene ring substituents is 1. The molecule has 1 aromatic carbocycles. The van der Waals surface area contributed by atoms with E-state index >= 15 is 0 Å². The monoisotopic (exact) mass is 391 g/mol. The molecule has 0 N–H and O–H groups in total. The fourth-order valence-corrected chi connectivity index (χ4v) is 2.75. The number of nitrogens with zero attached hydrogens (tertiary/aromatic N) is 5. The summed E-state index contributed by atoms with van der Waals surface area (Å²) in [6, 6.07) is 8.22. The van der Waals surface area contributed by atoms with Crippen molar-refractivity contribution in [3.05, 3.63) is 57.3 Å². The van der Waals surface area contributed by atoms with Crippen molar-refractivity contribution in [2.45, 2.75) is 5.16 Å². The number of benzene rings is 1. The molecule has 2 aromatic heterocycles. The second kappa shape index (κ2) is 6.47. The summed E-state index contributed by atoms with van der Waals surface area (Å²) in [5, 5.41) is 16.2. The summed E-state index contributed by atoms with van der Waals surface area (Å²) >= 11 is 4.82. The van der Waals surface area contributed by atoms with Crippen LogP contribution in [0.4, 0.5) is 5.69 Å². The second-order valence-electron chi connectivity index (χ2n) is 4.45. The third-order valence-corrected chi connectivity index (χ3v) is 4.19. The van der Waals surface area contributed by atoms with Gasteiger partial charge in [-0.25, -0.2) is 14.6 Å². The molecule has 0 saturated heterocycles. The highest BCUT2D eigenvalue weighted by Crippen LogP contribution is 2.29. The number of hydrogen-bond acceptors (Lipinski definition) is 6. The molecule has 0 unspecified atom stereocenters. The highest BCUT2D eigenvalue weighted by molar-refractivity contribution is 9.10. The van der Waals surface area contributed by atoms with Crippen molar-refractivity contribution >= 4 is 33.4 Å². The highest BCUT2D eigenvalue weighted by Gasteiger charge is 2.17. The topological polar surface area (TPSA) is 86.7 Å². The average molecular weight is 392 g/mol. The summed E-state index contributed by atoms with van der Waals surface area (Å²) < 4.78 is 2.25. The van der Waals surface area contributed by atoms with Crippen LogP contribution >= 0.6 is 27.7 Å². The first-order valence-corrected chi connectivity index (χ1v) is 8.48. The van der Waals surface area contributed by atoms with Gasteiger partial charge in [0.05, 0.1) is 20.7 Å². The van der Waals surface area contributed by atoms with Crippen molar-refractivity contribution in [2.24, 2.45) is 0 Å². The summed E-state index contributed by atoms with van der Waals surface area (Å²) in [6.07, 6.45) is 5.25. The summed E-state index contributed by atoms with van der Waals surface area (Å²) in [5.41, 5.74) is 0.990. The summed E-state index contributed by atoms with van der Waals surface area (Å²) in [4.78, 5) is 19.3. The number of aromatic nitrogens is 4. The van der Waals surface area contributed by atoms with E-state index in [0.29, 0.717) is 26.7 Å². The first-order chi connectivity index (χ1) is 11.1. The molecule has 0 aliphatic rings. The Kier molecular flexibility index (Phi) is 4.39. The maximum Gasteiger partial charge on any atom is 0.278 e. The van der Waals surface area contributed by atoms with Gasteiger partial charge in [0.15, 0.2) is 11.0 Å². The van der Waals surface area contributed by atoms with Crippen LogP contribution in [0.25, 0.3) is 17.1 Å². The average Bonchev–Trinajstić information content (AvgIpc) is 3.05. The van der Waals surface area contributed by atoms with Crippen LogP contribution in [0, 0.1) is 10.1 Å². The van der Waals surface area contributed by atoms with Gasteiger partial charge in [0.25, 0.3) is 5.69 Å². The van der Waals surface area contributed by atoms with Gasteiger partial charge in [0.1, 0.15) is 0 Å². The van der Waals surface area contributed by atoms with Crippen molar-refractivity contribution in [2.75, 3.05) is 6.26 Å². The van der Waals surface area contributed by atoms with Crippen LogP contribution in [0.15, 0.2) is 52.4 Å². The maximum absolute atomic E-state index is 11.1. The quantitative estimate of drug-likeness (QED) is 0.291. The molecule has 0 aliphatic carbocycles. The first kappa shape index (κ1) is 15.6. The number of rotatable bonds is 4. The van der Waals surface area contributed by atoms with E-state index in [0.717, 1.165) is 0 Å². The van der Waals surface area contributed by atoms with Crippen molar-refractivity contribution < 1.29 is 4.92 Å². The summed E-state index contributed by atoms with van der Waals surface area (Å²) in [7, 11) is 0. The normalized spacial score (nSPS) is 10.7. The number of hydrogen-bond donors (Lipinski definition) is 0. The molecule has 0 fully saturated rings. The summed E-state index contributed by atoms with van der Waals surface area (Å²) in [6.45, 7) is 0. The molecule has 0 bridgehead atoms. The van der Waals surface area contributed by atoms with Gasteiger partial charge >= 0.3 is 0 Å². The van der Waals surface area contributed by atoms with Crippen LogP contribution in [0.5, 0.6) is 0 Å². The third-order valence-electron chi connectivity index (χ3n) is 3.07. The van der Waals surface area contributed by atoms with Gasteiger partial charge in [0, 0.05) is 18.5 Å². The lowest BCUT2D eigenvalue weighted by atomic mass is 10.1. The van der Waals surface area contributed by atoms with E-state index in [9.17, 15) is 10.1 Å². The molecule has 0 radical (unpaired) electrons. The minimum Gasteiger partial charge on any atom is -0.258 e. The number of para-hydroxylation sites is 1. The molecule has 0 aliphatic heterocycles. The first-order valence-electron chi connectivity index (χ1n) is 6.46. The minimum atomic E-state index is -0.416. The Labute approximate surface area is 144 Å². The van der Waals surface area contributed by atoms with Gasteiger partial charge in [-0.2, -0.15) is 5.10 Å². The third kappa shape index (κ3) is 3.10. The lowest BCUT2D eigenvalue weighted by Crippen LogP contribution is -2.02. The highest BCUT2D eigenvalue weighted by atomic mass is 79.9. The molecular formula is C14H10BrN5O2S. The Balaban J connectivity index is 2.07. The zero-order valence-electron chi connectivity index (χ0n) is 11.9. The molecular weight excluding hydrogens is 382 g/mol. The predicted molar refractivity (Wildman–Crippen MR) is 90.7 cm³/mol. The van der Waals surface area contributed by atoms with Gasteiger partial charge in [-0.05, 0) is 34.3 Å². The summed E-state index contributed by atoms with van der Waals surface area (Å²) in [5.74, 6) is 0.578. The van der Waals surface area contributed by atoms with Crippen LogP contribution in [0.3, 0.4) is 0 Å². The van der Waals surface area contributed by atoms with Gasteiger partial charge in [-0.1, -0.05) is 23.9 Å². The lowest BCUT2D eigenvalue weighted by Gasteiger charge is -2.04. The standard InChI is InChI=1S/C14H10BrN5O2S/c1-23-14-16-8-10(15)13(17-14)19-7-6-11(18-19)9-4-2-3-5-12(9)20(21)22/h2-8H,1H3. The van der Waals surface area contributed by atoms with Crippen LogP contribution in [-0.4, -0.2) is 30.9 Å². The zero-order valence-corrected chi connectivity index (χ0v) is 14.3. The number of thioether (sulfide) groups is 1. The molecule has 0 atom stereocenters. The number of halogens is 1. The van der Waals surface area contributed by atoms with Crippen molar-refractivity contribution in [1.82, 2.24) is 19.7 Å². The van der Waals surface area contributed by atoms with Gasteiger partial charge in [0.2, 0.25) is 0 Å². The molecule has 23 heavy (non-hydrogen) atoms. The predicted octanol–water partition coefficient (Wildman–Crippen LogP) is 3.72. The fourth-order valence-electron chi connectivity index (χ4n) is 2.04.